The molecule has 0 aliphatic heterocycles. The minimum absolute atomic E-state index is 0. The number of nitrogens with zero attached hydrogens (tertiary/aromatic N) is 1. The highest BCUT2D eigenvalue weighted by atomic mass is 127. The zero-order valence-electron chi connectivity index (χ0n) is 18.1. The molecule has 3 N–H and O–H groups in total. The Morgan fingerprint density at radius 3 is 2.27 bits per heavy atom. The monoisotopic (exact) mass is 531 g/mol. The zero-order valence-corrected chi connectivity index (χ0v) is 20.4. The summed E-state index contributed by atoms with van der Waals surface area (Å²) in [5, 5.41) is 16.6. The van der Waals surface area contributed by atoms with Gasteiger partial charge in [0.25, 0.3) is 0 Å². The predicted octanol–water partition coefficient (Wildman–Crippen LogP) is 4.20. The molecule has 8 heteroatoms. The highest BCUT2D eigenvalue weighted by Crippen LogP contribution is 2.37. The van der Waals surface area contributed by atoms with E-state index in [1.807, 2.05) is 26.8 Å². The highest BCUT2D eigenvalue weighted by Gasteiger charge is 2.21. The van der Waals surface area contributed by atoms with Crippen LogP contribution in [0.15, 0.2) is 41.4 Å². The second-order valence-corrected chi connectivity index (χ2v) is 7.29. The standard InChI is InChI=1S/C22H30FN3O3.HI/c1-6-24-21(26-14-22(2,3)16-8-7-9-17(23)12-16)25-13-15-10-18(28-4)20(27)19(11-15)29-5;/h7-12,27H,6,13-14H2,1-5H3,(H2,24,25,26);1H. The Balaban J connectivity index is 0.00000450. The van der Waals surface area contributed by atoms with Gasteiger partial charge in [-0.3, -0.25) is 0 Å². The van der Waals surface area contributed by atoms with E-state index in [1.165, 1.54) is 20.3 Å². The van der Waals surface area contributed by atoms with Gasteiger partial charge in [-0.15, -0.1) is 24.0 Å². The molecule has 0 saturated carbocycles. The van der Waals surface area contributed by atoms with Crippen LogP contribution in [0.1, 0.15) is 31.9 Å². The fourth-order valence-electron chi connectivity index (χ4n) is 2.87. The number of guanidine groups is 1. The molecule has 2 aromatic carbocycles. The van der Waals surface area contributed by atoms with E-state index in [0.29, 0.717) is 37.1 Å². The van der Waals surface area contributed by atoms with E-state index >= 15 is 0 Å². The van der Waals surface area contributed by atoms with Gasteiger partial charge in [0.15, 0.2) is 17.5 Å². The quantitative estimate of drug-likeness (QED) is 0.271. The van der Waals surface area contributed by atoms with E-state index in [2.05, 4.69) is 15.6 Å². The van der Waals surface area contributed by atoms with Crippen molar-refractivity contribution >= 4 is 29.9 Å². The van der Waals surface area contributed by atoms with E-state index in [-0.39, 0.29) is 41.0 Å². The van der Waals surface area contributed by atoms with Crippen LogP contribution in [0.25, 0.3) is 0 Å². The van der Waals surface area contributed by atoms with Gasteiger partial charge in [0.1, 0.15) is 5.82 Å². The first-order valence-electron chi connectivity index (χ1n) is 9.52. The Bertz CT molecular complexity index is 834. The Morgan fingerprint density at radius 2 is 1.73 bits per heavy atom. The number of phenolic OH excluding ortho intramolecular Hbond substituents is 1. The Kier molecular flexibility index (Phi) is 10.2. The smallest absolute Gasteiger partial charge is 0.200 e. The average Bonchev–Trinajstić information content (AvgIpc) is 2.70. The lowest BCUT2D eigenvalue weighted by molar-refractivity contribution is 0.339. The van der Waals surface area contributed by atoms with Crippen LogP contribution in [-0.2, 0) is 12.0 Å². The molecule has 0 unspecified atom stereocenters. The maximum absolute atomic E-state index is 13.6. The second kappa shape index (κ2) is 11.8. The number of halogens is 2. The summed E-state index contributed by atoms with van der Waals surface area (Å²) in [6.45, 7) is 7.73. The van der Waals surface area contributed by atoms with Crippen molar-refractivity contribution < 1.29 is 19.0 Å². The van der Waals surface area contributed by atoms with E-state index in [1.54, 1.807) is 24.3 Å². The van der Waals surface area contributed by atoms with E-state index in [4.69, 9.17) is 9.47 Å². The summed E-state index contributed by atoms with van der Waals surface area (Å²) in [6, 6.07) is 10.1. The van der Waals surface area contributed by atoms with Crippen molar-refractivity contribution in [1.82, 2.24) is 10.6 Å². The Morgan fingerprint density at radius 1 is 1.10 bits per heavy atom. The minimum Gasteiger partial charge on any atom is -0.502 e. The number of phenols is 1. The lowest BCUT2D eigenvalue weighted by Crippen LogP contribution is -2.43. The molecule has 0 bridgehead atoms. The molecule has 30 heavy (non-hydrogen) atoms. The maximum atomic E-state index is 13.6. The number of hydrogen-bond donors (Lipinski definition) is 3. The molecule has 0 radical (unpaired) electrons. The number of nitrogens with one attached hydrogen (secondary N) is 2. The molecule has 6 nitrogen and oxygen atoms in total. The summed E-state index contributed by atoms with van der Waals surface area (Å²) >= 11 is 0. The SMILES string of the molecule is CCNC(=NCc1cc(OC)c(O)c(OC)c1)NCC(C)(C)c1cccc(F)c1.I. The number of hydrogen-bond acceptors (Lipinski definition) is 4. The fourth-order valence-corrected chi connectivity index (χ4v) is 2.87. The molecule has 0 aliphatic carbocycles. The van der Waals surface area contributed by atoms with E-state index in [0.717, 1.165) is 11.1 Å². The molecule has 0 saturated heterocycles. The van der Waals surface area contributed by atoms with Crippen molar-refractivity contribution in [1.29, 1.82) is 0 Å². The number of aliphatic imine (C=N–C) groups is 1. The molecule has 2 rings (SSSR count). The molecule has 0 atom stereocenters. The molecule has 0 aliphatic rings. The van der Waals surface area contributed by atoms with Crippen LogP contribution < -0.4 is 20.1 Å². The number of benzene rings is 2. The highest BCUT2D eigenvalue weighted by molar-refractivity contribution is 14.0. The van der Waals surface area contributed by atoms with Crippen LogP contribution in [0.4, 0.5) is 4.39 Å². The molecule has 166 valence electrons. The molecular weight excluding hydrogens is 500 g/mol. The van der Waals surface area contributed by atoms with E-state index < -0.39 is 0 Å². The summed E-state index contributed by atoms with van der Waals surface area (Å²) in [6.07, 6.45) is 0. The average molecular weight is 531 g/mol. The summed E-state index contributed by atoms with van der Waals surface area (Å²) in [4.78, 5) is 4.61. The van der Waals surface area contributed by atoms with Crippen LogP contribution in [0.3, 0.4) is 0 Å². The molecule has 0 heterocycles. The van der Waals surface area contributed by atoms with Crippen LogP contribution >= 0.6 is 24.0 Å². The lowest BCUT2D eigenvalue weighted by atomic mass is 9.84. The number of aromatic hydroxyl groups is 1. The van der Waals surface area contributed by atoms with Crippen LogP contribution in [0.5, 0.6) is 17.2 Å². The molecule has 0 fully saturated rings. The van der Waals surface area contributed by atoms with Crippen LogP contribution in [0.2, 0.25) is 0 Å². The van der Waals surface area contributed by atoms with Gasteiger partial charge in [-0.2, -0.15) is 0 Å². The van der Waals surface area contributed by atoms with E-state index in [9.17, 15) is 9.50 Å². The van der Waals surface area contributed by atoms with Gasteiger partial charge >= 0.3 is 0 Å². The number of rotatable bonds is 8. The van der Waals surface area contributed by atoms with Gasteiger partial charge in [-0.25, -0.2) is 9.38 Å². The third-order valence-electron chi connectivity index (χ3n) is 4.61. The van der Waals surface area contributed by atoms with Crippen molar-refractivity contribution in [3.05, 3.63) is 53.3 Å². The van der Waals surface area contributed by atoms with Gasteiger partial charge in [0, 0.05) is 18.5 Å². The zero-order chi connectivity index (χ0) is 21.4. The molecular formula is C22H31FIN3O3. The van der Waals surface area contributed by atoms with Gasteiger partial charge in [-0.1, -0.05) is 26.0 Å². The normalized spacial score (nSPS) is 11.5. The first kappa shape index (κ1) is 25.8. The van der Waals surface area contributed by atoms with Gasteiger partial charge in [0.2, 0.25) is 5.75 Å². The topological polar surface area (TPSA) is 75.1 Å². The van der Waals surface area contributed by atoms with Gasteiger partial charge < -0.3 is 25.2 Å². The largest absolute Gasteiger partial charge is 0.502 e. The van der Waals surface area contributed by atoms with Crippen molar-refractivity contribution in [2.24, 2.45) is 4.99 Å². The van der Waals surface area contributed by atoms with Gasteiger partial charge in [-0.05, 0) is 42.3 Å². The fraction of sp³-hybridized carbons (Fsp3) is 0.409. The van der Waals surface area contributed by atoms with Crippen LogP contribution in [-0.4, -0.2) is 38.4 Å². The third-order valence-corrected chi connectivity index (χ3v) is 4.61. The Hall–Kier alpha value is -2.23. The first-order valence-corrected chi connectivity index (χ1v) is 9.52. The first-order chi connectivity index (χ1) is 13.8. The summed E-state index contributed by atoms with van der Waals surface area (Å²) in [7, 11) is 2.98. The maximum Gasteiger partial charge on any atom is 0.200 e. The van der Waals surface area contributed by atoms with Crippen molar-refractivity contribution in [3.8, 4) is 17.2 Å². The number of ether oxygens (including phenoxy) is 2. The summed E-state index contributed by atoms with van der Waals surface area (Å²) < 4.78 is 24.0. The van der Waals surface area contributed by atoms with Crippen LogP contribution in [0, 0.1) is 5.82 Å². The minimum atomic E-state index is -0.288. The Labute approximate surface area is 194 Å². The van der Waals surface area contributed by atoms with Crippen molar-refractivity contribution in [2.75, 3.05) is 27.3 Å². The molecule has 2 aromatic rings. The molecule has 0 aromatic heterocycles. The summed E-state index contributed by atoms with van der Waals surface area (Å²) in [5.74, 6) is 1.03. The van der Waals surface area contributed by atoms with Crippen molar-refractivity contribution in [3.63, 3.8) is 0 Å². The summed E-state index contributed by atoms with van der Waals surface area (Å²) in [5.41, 5.74) is 1.45. The number of methoxy groups -OCH3 is 2. The van der Waals surface area contributed by atoms with Gasteiger partial charge in [0.05, 0.1) is 20.8 Å². The third kappa shape index (κ3) is 6.93. The second-order valence-electron chi connectivity index (χ2n) is 7.29. The lowest BCUT2D eigenvalue weighted by Gasteiger charge is -2.27. The predicted molar refractivity (Wildman–Crippen MR) is 129 cm³/mol. The molecule has 0 amide bonds. The molecule has 0 spiro atoms. The van der Waals surface area contributed by atoms with Crippen molar-refractivity contribution in [2.45, 2.75) is 32.7 Å².